The number of rotatable bonds is 6. The Balaban J connectivity index is 2.05. The van der Waals surface area contributed by atoms with Crippen LogP contribution in [-0.4, -0.2) is 15.6 Å². The number of benzene rings is 2. The van der Waals surface area contributed by atoms with E-state index in [4.69, 9.17) is 16.7 Å². The topological polar surface area (TPSA) is 42.2 Å². The lowest BCUT2D eigenvalue weighted by Gasteiger charge is -2.11. The molecule has 1 N–H and O–H groups in total. The fourth-order valence-corrected chi connectivity index (χ4v) is 4.46. The molecule has 0 saturated carbocycles. The van der Waals surface area contributed by atoms with Crippen molar-refractivity contribution in [1.82, 2.24) is 4.57 Å². The molecule has 0 amide bonds. The summed E-state index contributed by atoms with van der Waals surface area (Å²) in [6.07, 6.45) is 0.0398. The summed E-state index contributed by atoms with van der Waals surface area (Å²) in [6.45, 7) is 7.48. The zero-order valence-electron chi connectivity index (χ0n) is 15.1. The van der Waals surface area contributed by atoms with Crippen molar-refractivity contribution < 1.29 is 9.90 Å². The molecule has 1 aromatic heterocycles. The van der Waals surface area contributed by atoms with E-state index in [1.165, 1.54) is 16.0 Å². The Morgan fingerprint density at radius 2 is 2.00 bits per heavy atom. The largest absolute Gasteiger partial charge is 0.481 e. The van der Waals surface area contributed by atoms with Gasteiger partial charge >= 0.3 is 5.97 Å². The molecule has 0 fully saturated rings. The monoisotopic (exact) mass is 387 g/mol. The van der Waals surface area contributed by atoms with Crippen LogP contribution >= 0.6 is 23.4 Å². The third-order valence-electron chi connectivity index (χ3n) is 4.25. The minimum atomic E-state index is -0.813. The Hall–Kier alpha value is -1.91. The molecule has 0 aliphatic rings. The van der Waals surface area contributed by atoms with Crippen LogP contribution in [0.15, 0.2) is 52.3 Å². The van der Waals surface area contributed by atoms with Gasteiger partial charge in [0.15, 0.2) is 0 Å². The number of aliphatic carboxylic acids is 1. The summed E-state index contributed by atoms with van der Waals surface area (Å²) in [5.41, 5.74) is 3.17. The van der Waals surface area contributed by atoms with Crippen LogP contribution in [0.25, 0.3) is 10.9 Å². The molecule has 1 heterocycles. The van der Waals surface area contributed by atoms with E-state index >= 15 is 0 Å². The van der Waals surface area contributed by atoms with Gasteiger partial charge in [0.25, 0.3) is 0 Å². The van der Waals surface area contributed by atoms with Crippen LogP contribution in [0.4, 0.5) is 0 Å². The van der Waals surface area contributed by atoms with Crippen LogP contribution in [0, 0.1) is 12.8 Å². The smallest absolute Gasteiger partial charge is 0.307 e. The van der Waals surface area contributed by atoms with Gasteiger partial charge in [-0.3, -0.25) is 4.79 Å². The normalized spacial score (nSPS) is 11.4. The summed E-state index contributed by atoms with van der Waals surface area (Å²) < 4.78 is 2.33. The summed E-state index contributed by atoms with van der Waals surface area (Å²) >= 11 is 7.92. The van der Waals surface area contributed by atoms with Crippen LogP contribution in [0.2, 0.25) is 5.02 Å². The molecule has 0 unspecified atom stereocenters. The van der Waals surface area contributed by atoms with Gasteiger partial charge in [0, 0.05) is 32.4 Å². The molecule has 26 heavy (non-hydrogen) atoms. The number of fused-ring (bicyclic) bond motifs is 1. The molecule has 0 radical (unpaired) electrons. The SMILES string of the molecule is Cc1c(Sc2cccc(CC(=O)O)c2)c2ccc(Cl)cc2n1CC(C)C. The van der Waals surface area contributed by atoms with E-state index in [-0.39, 0.29) is 6.42 Å². The highest BCUT2D eigenvalue weighted by Gasteiger charge is 2.16. The lowest BCUT2D eigenvalue weighted by Crippen LogP contribution is -2.05. The lowest BCUT2D eigenvalue weighted by molar-refractivity contribution is -0.136. The summed E-state index contributed by atoms with van der Waals surface area (Å²) in [7, 11) is 0. The van der Waals surface area contributed by atoms with E-state index in [1.807, 2.05) is 36.4 Å². The Kier molecular flexibility index (Phi) is 5.64. The van der Waals surface area contributed by atoms with Crippen molar-refractivity contribution in [2.75, 3.05) is 0 Å². The zero-order chi connectivity index (χ0) is 18.8. The van der Waals surface area contributed by atoms with Gasteiger partial charge in [0.1, 0.15) is 0 Å². The van der Waals surface area contributed by atoms with Crippen molar-refractivity contribution >= 4 is 40.2 Å². The Morgan fingerprint density at radius 3 is 2.69 bits per heavy atom. The first-order chi connectivity index (χ1) is 12.3. The van der Waals surface area contributed by atoms with Gasteiger partial charge in [0.05, 0.1) is 11.9 Å². The first-order valence-corrected chi connectivity index (χ1v) is 9.81. The lowest BCUT2D eigenvalue weighted by atomic mass is 10.2. The molecule has 3 aromatic rings. The van der Waals surface area contributed by atoms with Crippen molar-refractivity contribution in [2.45, 2.75) is 43.5 Å². The molecule has 0 spiro atoms. The van der Waals surface area contributed by atoms with Gasteiger partial charge in [-0.25, -0.2) is 0 Å². The summed E-state index contributed by atoms with van der Waals surface area (Å²) in [4.78, 5) is 13.2. The number of aromatic nitrogens is 1. The van der Waals surface area contributed by atoms with Crippen molar-refractivity contribution in [3.8, 4) is 0 Å². The number of carboxylic acids is 1. The first-order valence-electron chi connectivity index (χ1n) is 8.62. The molecule has 0 saturated heterocycles. The molecule has 0 aliphatic heterocycles. The van der Waals surface area contributed by atoms with Gasteiger partial charge in [-0.1, -0.05) is 55.4 Å². The molecule has 3 rings (SSSR count). The highest BCUT2D eigenvalue weighted by atomic mass is 35.5. The molecule has 136 valence electrons. The number of halogens is 1. The molecule has 0 bridgehead atoms. The minimum absolute atomic E-state index is 0.0398. The molecular formula is C21H22ClNO2S. The van der Waals surface area contributed by atoms with E-state index < -0.39 is 5.97 Å². The maximum atomic E-state index is 11.0. The maximum absolute atomic E-state index is 11.0. The maximum Gasteiger partial charge on any atom is 0.307 e. The molecule has 3 nitrogen and oxygen atoms in total. The predicted molar refractivity (Wildman–Crippen MR) is 108 cm³/mol. The predicted octanol–water partition coefficient (Wildman–Crippen LogP) is 6.04. The molecule has 0 atom stereocenters. The van der Waals surface area contributed by atoms with Gasteiger partial charge in [-0.05, 0) is 42.7 Å². The Morgan fingerprint density at radius 1 is 1.23 bits per heavy atom. The average Bonchev–Trinajstić information content (AvgIpc) is 2.79. The van der Waals surface area contributed by atoms with E-state index in [2.05, 4.69) is 31.4 Å². The molecular weight excluding hydrogens is 366 g/mol. The zero-order valence-corrected chi connectivity index (χ0v) is 16.7. The third kappa shape index (κ3) is 4.08. The number of carboxylic acid groups (broad SMARTS) is 1. The Bertz CT molecular complexity index is 962. The summed E-state index contributed by atoms with van der Waals surface area (Å²) in [5, 5.41) is 10.9. The van der Waals surface area contributed by atoms with E-state index in [9.17, 15) is 4.79 Å². The van der Waals surface area contributed by atoms with Gasteiger partial charge in [0.2, 0.25) is 0 Å². The Labute approximate surface area is 163 Å². The minimum Gasteiger partial charge on any atom is -0.481 e. The summed E-state index contributed by atoms with van der Waals surface area (Å²) in [6, 6.07) is 13.8. The quantitative estimate of drug-likeness (QED) is 0.560. The first kappa shape index (κ1) is 18.9. The number of hydrogen-bond donors (Lipinski definition) is 1. The fraction of sp³-hybridized carbons (Fsp3) is 0.286. The van der Waals surface area contributed by atoms with E-state index in [0.29, 0.717) is 5.92 Å². The van der Waals surface area contributed by atoms with Gasteiger partial charge < -0.3 is 9.67 Å². The molecule has 2 aromatic carbocycles. The van der Waals surface area contributed by atoms with E-state index in [1.54, 1.807) is 11.8 Å². The van der Waals surface area contributed by atoms with Crippen LogP contribution < -0.4 is 0 Å². The third-order valence-corrected chi connectivity index (χ3v) is 5.69. The highest BCUT2D eigenvalue weighted by molar-refractivity contribution is 7.99. The van der Waals surface area contributed by atoms with Crippen LogP contribution in [-0.2, 0) is 17.8 Å². The molecule has 5 heteroatoms. The number of carbonyl (C=O) groups is 1. The fourth-order valence-electron chi connectivity index (χ4n) is 3.16. The van der Waals surface area contributed by atoms with Crippen molar-refractivity contribution in [3.05, 3.63) is 58.7 Å². The molecule has 0 aliphatic carbocycles. The average molecular weight is 388 g/mol. The van der Waals surface area contributed by atoms with Crippen LogP contribution in [0.3, 0.4) is 0 Å². The standard InChI is InChI=1S/C21H22ClNO2S/c1-13(2)12-23-14(3)21(18-8-7-16(22)11-19(18)23)26-17-6-4-5-15(9-17)10-20(24)25/h4-9,11,13H,10,12H2,1-3H3,(H,24,25). The second kappa shape index (κ2) is 7.77. The van der Waals surface area contributed by atoms with Crippen molar-refractivity contribution in [3.63, 3.8) is 0 Å². The summed E-state index contributed by atoms with van der Waals surface area (Å²) in [5.74, 6) is -0.286. The second-order valence-corrected chi connectivity index (χ2v) is 8.42. The van der Waals surface area contributed by atoms with Crippen LogP contribution in [0.1, 0.15) is 25.1 Å². The van der Waals surface area contributed by atoms with Crippen LogP contribution in [0.5, 0.6) is 0 Å². The van der Waals surface area contributed by atoms with E-state index in [0.717, 1.165) is 27.5 Å². The van der Waals surface area contributed by atoms with Gasteiger partial charge in [-0.2, -0.15) is 0 Å². The van der Waals surface area contributed by atoms with Crippen molar-refractivity contribution in [2.24, 2.45) is 5.92 Å². The number of hydrogen-bond acceptors (Lipinski definition) is 2. The highest BCUT2D eigenvalue weighted by Crippen LogP contribution is 2.39. The second-order valence-electron chi connectivity index (χ2n) is 6.90. The van der Waals surface area contributed by atoms with Crippen molar-refractivity contribution in [1.29, 1.82) is 0 Å². The van der Waals surface area contributed by atoms with Gasteiger partial charge in [-0.15, -0.1) is 0 Å². The number of nitrogens with zero attached hydrogens (tertiary/aromatic N) is 1.